The van der Waals surface area contributed by atoms with Crippen molar-refractivity contribution in [2.75, 3.05) is 12.8 Å². The standard InChI is InChI=1S/C16H18BrNOS/c1-11(20-2)7-8-18-16(19)14-4-3-13-10-15(17)6-5-12(13)9-14/h3-6,9-11H,7-8H2,1-2H3,(H,18,19). The number of hydrogen-bond acceptors (Lipinski definition) is 2. The van der Waals surface area contributed by atoms with Crippen molar-refractivity contribution in [3.05, 3.63) is 46.4 Å². The smallest absolute Gasteiger partial charge is 0.251 e. The fourth-order valence-corrected chi connectivity index (χ4v) is 2.70. The maximum Gasteiger partial charge on any atom is 0.251 e. The summed E-state index contributed by atoms with van der Waals surface area (Å²) in [6.45, 7) is 2.89. The summed E-state index contributed by atoms with van der Waals surface area (Å²) in [6, 6.07) is 11.9. The molecule has 0 heterocycles. The minimum atomic E-state index is 0.00289. The van der Waals surface area contributed by atoms with Crippen LogP contribution in [0.1, 0.15) is 23.7 Å². The minimum absolute atomic E-state index is 0.00289. The Hall–Kier alpha value is -1.00. The summed E-state index contributed by atoms with van der Waals surface area (Å²) in [7, 11) is 0. The molecular formula is C16H18BrNOS. The van der Waals surface area contributed by atoms with Gasteiger partial charge in [0, 0.05) is 21.8 Å². The van der Waals surface area contributed by atoms with Crippen LogP contribution in [0, 0.1) is 0 Å². The van der Waals surface area contributed by atoms with E-state index in [2.05, 4.69) is 40.5 Å². The molecule has 20 heavy (non-hydrogen) atoms. The summed E-state index contributed by atoms with van der Waals surface area (Å²) >= 11 is 5.27. The molecule has 2 aromatic rings. The highest BCUT2D eigenvalue weighted by Gasteiger charge is 2.07. The second-order valence-electron chi connectivity index (χ2n) is 4.80. The van der Waals surface area contributed by atoms with E-state index in [1.807, 2.05) is 42.1 Å². The lowest BCUT2D eigenvalue weighted by Gasteiger charge is -2.09. The van der Waals surface area contributed by atoms with E-state index in [1.165, 1.54) is 0 Å². The Balaban J connectivity index is 2.05. The van der Waals surface area contributed by atoms with Gasteiger partial charge in [0.15, 0.2) is 0 Å². The van der Waals surface area contributed by atoms with E-state index in [1.54, 1.807) is 0 Å². The monoisotopic (exact) mass is 351 g/mol. The van der Waals surface area contributed by atoms with Gasteiger partial charge in [0.1, 0.15) is 0 Å². The van der Waals surface area contributed by atoms with Crippen molar-refractivity contribution >= 4 is 44.4 Å². The van der Waals surface area contributed by atoms with Crippen LogP contribution in [0.25, 0.3) is 10.8 Å². The van der Waals surface area contributed by atoms with Crippen molar-refractivity contribution in [2.45, 2.75) is 18.6 Å². The number of benzene rings is 2. The molecule has 0 spiro atoms. The summed E-state index contributed by atoms with van der Waals surface area (Å²) in [6.07, 6.45) is 3.08. The molecule has 1 unspecified atom stereocenters. The van der Waals surface area contributed by atoms with Crippen LogP contribution in [0.2, 0.25) is 0 Å². The molecule has 0 aliphatic rings. The third-order valence-corrected chi connectivity index (χ3v) is 4.84. The molecule has 0 saturated heterocycles. The summed E-state index contributed by atoms with van der Waals surface area (Å²) in [4.78, 5) is 12.1. The van der Waals surface area contributed by atoms with E-state index in [0.717, 1.165) is 33.8 Å². The van der Waals surface area contributed by atoms with Crippen molar-refractivity contribution in [1.29, 1.82) is 0 Å². The lowest BCUT2D eigenvalue weighted by Crippen LogP contribution is -2.25. The van der Waals surface area contributed by atoms with Crippen molar-refractivity contribution in [3.8, 4) is 0 Å². The van der Waals surface area contributed by atoms with Crippen molar-refractivity contribution in [3.63, 3.8) is 0 Å². The predicted molar refractivity (Wildman–Crippen MR) is 91.6 cm³/mol. The number of thioether (sulfide) groups is 1. The molecule has 106 valence electrons. The first kappa shape index (κ1) is 15.4. The van der Waals surface area contributed by atoms with E-state index in [0.29, 0.717) is 5.25 Å². The van der Waals surface area contributed by atoms with E-state index in [9.17, 15) is 4.79 Å². The summed E-state index contributed by atoms with van der Waals surface area (Å²) in [5.74, 6) is 0.00289. The second-order valence-corrected chi connectivity index (χ2v) is 6.99. The van der Waals surface area contributed by atoms with Crippen LogP contribution in [0.5, 0.6) is 0 Å². The van der Waals surface area contributed by atoms with Crippen LogP contribution >= 0.6 is 27.7 Å². The van der Waals surface area contributed by atoms with Gasteiger partial charge in [-0.3, -0.25) is 4.79 Å². The van der Waals surface area contributed by atoms with Gasteiger partial charge in [-0.1, -0.05) is 35.0 Å². The average molecular weight is 352 g/mol. The molecule has 2 rings (SSSR count). The third-order valence-electron chi connectivity index (χ3n) is 3.30. The fourth-order valence-electron chi connectivity index (χ4n) is 1.97. The quantitative estimate of drug-likeness (QED) is 0.860. The van der Waals surface area contributed by atoms with Gasteiger partial charge >= 0.3 is 0 Å². The van der Waals surface area contributed by atoms with E-state index >= 15 is 0 Å². The van der Waals surface area contributed by atoms with Crippen molar-refractivity contribution < 1.29 is 4.79 Å². The highest BCUT2D eigenvalue weighted by atomic mass is 79.9. The molecule has 0 aliphatic heterocycles. The van der Waals surface area contributed by atoms with Crippen LogP contribution in [-0.2, 0) is 0 Å². The van der Waals surface area contributed by atoms with Crippen molar-refractivity contribution in [2.24, 2.45) is 0 Å². The number of amides is 1. The fraction of sp³-hybridized carbons (Fsp3) is 0.312. The number of carbonyl (C=O) groups excluding carboxylic acids is 1. The van der Waals surface area contributed by atoms with Crippen LogP contribution in [0.4, 0.5) is 0 Å². The van der Waals surface area contributed by atoms with E-state index in [4.69, 9.17) is 0 Å². The predicted octanol–water partition coefficient (Wildman–Crippen LogP) is 4.47. The Morgan fingerprint density at radius 2 is 1.95 bits per heavy atom. The van der Waals surface area contributed by atoms with Crippen LogP contribution in [-0.4, -0.2) is 24.0 Å². The van der Waals surface area contributed by atoms with Gasteiger partial charge in [-0.05, 0) is 47.7 Å². The zero-order chi connectivity index (χ0) is 14.5. The molecule has 4 heteroatoms. The maximum absolute atomic E-state index is 12.1. The largest absolute Gasteiger partial charge is 0.352 e. The Morgan fingerprint density at radius 1 is 1.25 bits per heavy atom. The number of carbonyl (C=O) groups is 1. The number of rotatable bonds is 5. The Morgan fingerprint density at radius 3 is 2.70 bits per heavy atom. The van der Waals surface area contributed by atoms with Gasteiger partial charge in [-0.25, -0.2) is 0 Å². The molecule has 0 bridgehead atoms. The molecule has 0 aromatic heterocycles. The lowest BCUT2D eigenvalue weighted by molar-refractivity contribution is 0.0953. The molecule has 0 radical (unpaired) electrons. The lowest BCUT2D eigenvalue weighted by atomic mass is 10.1. The number of nitrogens with one attached hydrogen (secondary N) is 1. The van der Waals surface area contributed by atoms with Gasteiger partial charge in [0.2, 0.25) is 0 Å². The van der Waals surface area contributed by atoms with Gasteiger partial charge in [-0.15, -0.1) is 0 Å². The molecular weight excluding hydrogens is 334 g/mol. The van der Waals surface area contributed by atoms with Gasteiger partial charge in [0.25, 0.3) is 5.91 Å². The van der Waals surface area contributed by atoms with E-state index in [-0.39, 0.29) is 5.91 Å². The summed E-state index contributed by atoms with van der Waals surface area (Å²) in [5.41, 5.74) is 0.719. The van der Waals surface area contributed by atoms with Crippen LogP contribution in [0.3, 0.4) is 0 Å². The number of halogens is 1. The molecule has 1 N–H and O–H groups in total. The second kappa shape index (κ2) is 7.14. The number of hydrogen-bond donors (Lipinski definition) is 1. The molecule has 2 aromatic carbocycles. The zero-order valence-electron chi connectivity index (χ0n) is 11.7. The molecule has 0 aliphatic carbocycles. The van der Waals surface area contributed by atoms with Gasteiger partial charge < -0.3 is 5.32 Å². The number of fused-ring (bicyclic) bond motifs is 1. The Labute approximate surface area is 132 Å². The molecule has 0 fully saturated rings. The highest BCUT2D eigenvalue weighted by Crippen LogP contribution is 2.21. The van der Waals surface area contributed by atoms with Crippen LogP contribution in [0.15, 0.2) is 40.9 Å². The van der Waals surface area contributed by atoms with Gasteiger partial charge in [0.05, 0.1) is 0 Å². The summed E-state index contributed by atoms with van der Waals surface area (Å²) in [5, 5.41) is 5.77. The van der Waals surface area contributed by atoms with Gasteiger partial charge in [-0.2, -0.15) is 11.8 Å². The first-order chi connectivity index (χ1) is 9.60. The minimum Gasteiger partial charge on any atom is -0.352 e. The zero-order valence-corrected chi connectivity index (χ0v) is 14.1. The van der Waals surface area contributed by atoms with E-state index < -0.39 is 0 Å². The first-order valence-corrected chi connectivity index (χ1v) is 8.68. The Kier molecular flexibility index (Phi) is 5.49. The third kappa shape index (κ3) is 4.00. The topological polar surface area (TPSA) is 29.1 Å². The highest BCUT2D eigenvalue weighted by molar-refractivity contribution is 9.10. The molecule has 1 atom stereocenters. The Bertz CT molecular complexity index is 614. The molecule has 1 amide bonds. The molecule has 0 saturated carbocycles. The normalized spacial score (nSPS) is 12.3. The molecule has 2 nitrogen and oxygen atoms in total. The van der Waals surface area contributed by atoms with Crippen LogP contribution < -0.4 is 5.32 Å². The SMILES string of the molecule is CSC(C)CCNC(=O)c1ccc2cc(Br)ccc2c1. The maximum atomic E-state index is 12.1. The van der Waals surface area contributed by atoms with Crippen molar-refractivity contribution in [1.82, 2.24) is 5.32 Å². The first-order valence-electron chi connectivity index (χ1n) is 6.60. The summed E-state index contributed by atoms with van der Waals surface area (Å²) < 4.78 is 1.05. The average Bonchev–Trinajstić information content (AvgIpc) is 2.46.